The van der Waals surface area contributed by atoms with Gasteiger partial charge in [0.1, 0.15) is 0 Å². The minimum Gasteiger partial charge on any atom is -0.338 e. The van der Waals surface area contributed by atoms with E-state index in [9.17, 15) is 4.79 Å². The highest BCUT2D eigenvalue weighted by Crippen LogP contribution is 2.35. The first-order valence-electron chi connectivity index (χ1n) is 7.07. The van der Waals surface area contributed by atoms with Crippen LogP contribution < -0.4 is 0 Å². The molecule has 0 radical (unpaired) electrons. The number of likely N-dealkylation sites (tertiary alicyclic amines) is 1. The number of hydrogen-bond acceptors (Lipinski definition) is 2. The monoisotopic (exact) mass is 255 g/mol. The van der Waals surface area contributed by atoms with E-state index in [1.54, 1.807) is 11.8 Å². The molecule has 0 bridgehead atoms. The highest BCUT2D eigenvalue weighted by atomic mass is 32.2. The number of rotatable bonds is 3. The van der Waals surface area contributed by atoms with Gasteiger partial charge < -0.3 is 4.90 Å². The molecule has 0 aromatic carbocycles. The fourth-order valence-electron chi connectivity index (χ4n) is 3.41. The Morgan fingerprint density at radius 3 is 2.53 bits per heavy atom. The molecule has 2 nitrogen and oxygen atoms in total. The fraction of sp³-hybridized carbons (Fsp3) is 0.929. The van der Waals surface area contributed by atoms with Crippen LogP contribution in [-0.2, 0) is 4.79 Å². The van der Waals surface area contributed by atoms with Gasteiger partial charge in [0, 0.05) is 12.6 Å². The third kappa shape index (κ3) is 2.98. The summed E-state index contributed by atoms with van der Waals surface area (Å²) in [6.07, 6.45) is 11.4. The first-order chi connectivity index (χ1) is 8.24. The molecule has 1 saturated heterocycles. The maximum atomic E-state index is 12.3. The van der Waals surface area contributed by atoms with Crippen molar-refractivity contribution in [2.75, 3.05) is 12.8 Å². The SMILES string of the molecule is CS[C@@H](C)C(=O)N1CCC[C@@H]1C1CCCCC1. The molecule has 1 heterocycles. The first kappa shape index (κ1) is 13.3. The van der Waals surface area contributed by atoms with Crippen LogP contribution in [0.1, 0.15) is 51.9 Å². The quantitative estimate of drug-likeness (QED) is 0.771. The van der Waals surface area contributed by atoms with E-state index in [4.69, 9.17) is 0 Å². The topological polar surface area (TPSA) is 20.3 Å². The molecule has 0 aromatic rings. The van der Waals surface area contributed by atoms with E-state index in [-0.39, 0.29) is 5.25 Å². The number of carbonyl (C=O) groups is 1. The van der Waals surface area contributed by atoms with E-state index in [0.717, 1.165) is 12.5 Å². The molecule has 1 aliphatic carbocycles. The number of thioether (sulfide) groups is 1. The number of nitrogens with zero attached hydrogens (tertiary/aromatic N) is 1. The van der Waals surface area contributed by atoms with Gasteiger partial charge >= 0.3 is 0 Å². The van der Waals surface area contributed by atoms with Crippen LogP contribution in [0.15, 0.2) is 0 Å². The summed E-state index contributed by atoms with van der Waals surface area (Å²) in [7, 11) is 0. The van der Waals surface area contributed by atoms with Crippen molar-refractivity contribution in [3.63, 3.8) is 0 Å². The average Bonchev–Trinajstić information content (AvgIpc) is 2.87. The highest BCUT2D eigenvalue weighted by Gasteiger charge is 2.36. The summed E-state index contributed by atoms with van der Waals surface area (Å²) in [6.45, 7) is 3.05. The van der Waals surface area contributed by atoms with Gasteiger partial charge in [0.2, 0.25) is 5.91 Å². The number of amides is 1. The predicted molar refractivity (Wildman–Crippen MR) is 74.3 cm³/mol. The van der Waals surface area contributed by atoms with Gasteiger partial charge in [0.05, 0.1) is 5.25 Å². The second-order valence-electron chi connectivity index (χ2n) is 5.52. The molecule has 2 aliphatic rings. The minimum absolute atomic E-state index is 0.138. The van der Waals surface area contributed by atoms with Gasteiger partial charge in [-0.2, -0.15) is 11.8 Å². The second-order valence-corrected chi connectivity index (χ2v) is 6.70. The zero-order valence-corrected chi connectivity index (χ0v) is 12.0. The summed E-state index contributed by atoms with van der Waals surface area (Å²) in [6, 6.07) is 0.567. The summed E-state index contributed by atoms with van der Waals surface area (Å²) in [4.78, 5) is 14.5. The molecule has 0 unspecified atom stereocenters. The Bertz CT molecular complexity index is 263. The fourth-order valence-corrected chi connectivity index (χ4v) is 3.75. The third-order valence-electron chi connectivity index (χ3n) is 4.48. The Hall–Kier alpha value is -0.180. The summed E-state index contributed by atoms with van der Waals surface area (Å²) < 4.78 is 0. The molecule has 0 N–H and O–H groups in total. The van der Waals surface area contributed by atoms with Crippen LogP contribution in [0.25, 0.3) is 0 Å². The summed E-state index contributed by atoms with van der Waals surface area (Å²) in [5, 5.41) is 0.138. The Kier molecular flexibility index (Phi) is 4.78. The molecule has 1 aliphatic heterocycles. The van der Waals surface area contributed by atoms with E-state index in [1.807, 2.05) is 13.2 Å². The molecule has 1 saturated carbocycles. The van der Waals surface area contributed by atoms with E-state index >= 15 is 0 Å². The van der Waals surface area contributed by atoms with E-state index in [0.29, 0.717) is 11.9 Å². The van der Waals surface area contributed by atoms with Gasteiger partial charge in [-0.1, -0.05) is 19.3 Å². The molecule has 17 heavy (non-hydrogen) atoms. The van der Waals surface area contributed by atoms with Gasteiger partial charge in [-0.25, -0.2) is 0 Å². The number of carbonyl (C=O) groups excluding carboxylic acids is 1. The van der Waals surface area contributed by atoms with Gasteiger partial charge in [-0.05, 0) is 44.8 Å². The standard InChI is InChI=1S/C14H25NOS/c1-11(17-2)14(16)15-10-6-9-13(15)12-7-4-3-5-8-12/h11-13H,3-10H2,1-2H3/t11-,13+/m0/s1. The van der Waals surface area contributed by atoms with Crippen LogP contribution in [0.2, 0.25) is 0 Å². The second kappa shape index (κ2) is 6.12. The smallest absolute Gasteiger partial charge is 0.235 e. The van der Waals surface area contributed by atoms with Gasteiger partial charge in [0.15, 0.2) is 0 Å². The maximum Gasteiger partial charge on any atom is 0.235 e. The van der Waals surface area contributed by atoms with Crippen LogP contribution in [0, 0.1) is 5.92 Å². The number of hydrogen-bond donors (Lipinski definition) is 0. The lowest BCUT2D eigenvalue weighted by molar-refractivity contribution is -0.132. The minimum atomic E-state index is 0.138. The largest absolute Gasteiger partial charge is 0.338 e. The Balaban J connectivity index is 1.98. The van der Waals surface area contributed by atoms with E-state index in [2.05, 4.69) is 4.90 Å². The zero-order chi connectivity index (χ0) is 12.3. The lowest BCUT2D eigenvalue weighted by Crippen LogP contribution is -2.44. The van der Waals surface area contributed by atoms with Crippen molar-refractivity contribution in [2.24, 2.45) is 5.92 Å². The van der Waals surface area contributed by atoms with Crippen LogP contribution >= 0.6 is 11.8 Å². The van der Waals surface area contributed by atoms with Crippen LogP contribution in [0.3, 0.4) is 0 Å². The average molecular weight is 255 g/mol. The van der Waals surface area contributed by atoms with Crippen LogP contribution in [0.4, 0.5) is 0 Å². The summed E-state index contributed by atoms with van der Waals surface area (Å²) in [5.41, 5.74) is 0. The van der Waals surface area contributed by atoms with Crippen LogP contribution in [-0.4, -0.2) is 34.9 Å². The van der Waals surface area contributed by atoms with Crippen molar-refractivity contribution < 1.29 is 4.79 Å². The summed E-state index contributed by atoms with van der Waals surface area (Å²) >= 11 is 1.68. The lowest BCUT2D eigenvalue weighted by atomic mass is 9.83. The van der Waals surface area contributed by atoms with E-state index in [1.165, 1.54) is 44.9 Å². The Morgan fingerprint density at radius 1 is 1.18 bits per heavy atom. The normalized spacial score (nSPS) is 28.4. The lowest BCUT2D eigenvalue weighted by Gasteiger charge is -2.35. The Morgan fingerprint density at radius 2 is 1.88 bits per heavy atom. The molecule has 0 spiro atoms. The third-order valence-corrected chi connectivity index (χ3v) is 5.39. The van der Waals surface area contributed by atoms with E-state index < -0.39 is 0 Å². The molecular weight excluding hydrogens is 230 g/mol. The molecular formula is C14H25NOS. The summed E-state index contributed by atoms with van der Waals surface area (Å²) in [5.74, 6) is 1.18. The molecule has 98 valence electrons. The molecule has 0 aromatic heterocycles. The zero-order valence-electron chi connectivity index (χ0n) is 11.2. The van der Waals surface area contributed by atoms with Crippen molar-refractivity contribution in [3.8, 4) is 0 Å². The van der Waals surface area contributed by atoms with Crippen molar-refractivity contribution in [1.82, 2.24) is 4.90 Å². The van der Waals surface area contributed by atoms with Crippen molar-refractivity contribution in [2.45, 2.75) is 63.2 Å². The van der Waals surface area contributed by atoms with Crippen LogP contribution in [0.5, 0.6) is 0 Å². The molecule has 2 fully saturated rings. The first-order valence-corrected chi connectivity index (χ1v) is 8.36. The molecule has 3 heteroatoms. The van der Waals surface area contributed by atoms with Crippen molar-refractivity contribution in [3.05, 3.63) is 0 Å². The Labute approximate surface area is 110 Å². The highest BCUT2D eigenvalue weighted by molar-refractivity contribution is 7.99. The van der Waals surface area contributed by atoms with Crippen molar-refractivity contribution >= 4 is 17.7 Å². The van der Waals surface area contributed by atoms with Gasteiger partial charge in [0.25, 0.3) is 0 Å². The molecule has 1 amide bonds. The van der Waals surface area contributed by atoms with Gasteiger partial charge in [-0.15, -0.1) is 0 Å². The predicted octanol–water partition coefficient (Wildman–Crippen LogP) is 3.31. The molecule has 2 atom stereocenters. The van der Waals surface area contributed by atoms with Gasteiger partial charge in [-0.3, -0.25) is 4.79 Å². The van der Waals surface area contributed by atoms with Crippen molar-refractivity contribution in [1.29, 1.82) is 0 Å². The maximum absolute atomic E-state index is 12.3. The molecule has 2 rings (SSSR count).